The van der Waals surface area contributed by atoms with Gasteiger partial charge in [0.2, 0.25) is 0 Å². The normalized spacial score (nSPS) is 10.9. The number of amides is 1. The molecule has 0 saturated carbocycles. The van der Waals surface area contributed by atoms with Gasteiger partial charge in [0.15, 0.2) is 0 Å². The third-order valence-electron chi connectivity index (χ3n) is 3.32. The van der Waals surface area contributed by atoms with Crippen LogP contribution in [0.15, 0.2) is 71.8 Å². The van der Waals surface area contributed by atoms with E-state index < -0.39 is 5.91 Å². The van der Waals surface area contributed by atoms with E-state index in [0.29, 0.717) is 5.39 Å². The van der Waals surface area contributed by atoms with E-state index in [9.17, 15) is 9.90 Å². The van der Waals surface area contributed by atoms with Gasteiger partial charge in [-0.2, -0.15) is 5.10 Å². The Balaban J connectivity index is 1.81. The topological polar surface area (TPSA) is 61.7 Å². The molecule has 1 amide bonds. The SMILES string of the molecule is O=C(NN=Cc1ccccc1)c1ccc2ccccc2c1O. The van der Waals surface area contributed by atoms with Crippen LogP contribution in [0.2, 0.25) is 0 Å². The lowest BCUT2D eigenvalue weighted by molar-refractivity contribution is 0.0952. The van der Waals surface area contributed by atoms with Crippen LogP contribution in [-0.4, -0.2) is 17.2 Å². The fourth-order valence-electron chi connectivity index (χ4n) is 2.20. The van der Waals surface area contributed by atoms with Crippen LogP contribution in [0, 0.1) is 0 Å². The highest BCUT2D eigenvalue weighted by Gasteiger charge is 2.12. The van der Waals surface area contributed by atoms with E-state index in [4.69, 9.17) is 0 Å². The van der Waals surface area contributed by atoms with Gasteiger partial charge in [-0.15, -0.1) is 0 Å². The summed E-state index contributed by atoms with van der Waals surface area (Å²) in [5, 5.41) is 15.6. The van der Waals surface area contributed by atoms with E-state index >= 15 is 0 Å². The summed E-state index contributed by atoms with van der Waals surface area (Å²) in [5.41, 5.74) is 3.50. The molecule has 4 heteroatoms. The number of aromatic hydroxyl groups is 1. The van der Waals surface area contributed by atoms with Crippen molar-refractivity contribution in [3.63, 3.8) is 0 Å². The number of nitrogens with one attached hydrogen (secondary N) is 1. The number of rotatable bonds is 3. The van der Waals surface area contributed by atoms with Crippen molar-refractivity contribution in [2.75, 3.05) is 0 Å². The van der Waals surface area contributed by atoms with Crippen LogP contribution in [0.1, 0.15) is 15.9 Å². The van der Waals surface area contributed by atoms with E-state index in [1.165, 1.54) is 0 Å². The summed E-state index contributed by atoms with van der Waals surface area (Å²) in [6, 6.07) is 20.2. The minimum absolute atomic E-state index is 0.0366. The molecule has 4 nitrogen and oxygen atoms in total. The van der Waals surface area contributed by atoms with Crippen LogP contribution in [0.25, 0.3) is 10.8 Å². The molecule has 0 bridgehead atoms. The Bertz CT molecular complexity index is 842. The third-order valence-corrected chi connectivity index (χ3v) is 3.32. The number of hydrogen-bond acceptors (Lipinski definition) is 3. The quantitative estimate of drug-likeness (QED) is 0.574. The van der Waals surface area contributed by atoms with E-state index in [2.05, 4.69) is 10.5 Å². The summed E-state index contributed by atoms with van der Waals surface area (Å²) < 4.78 is 0. The summed E-state index contributed by atoms with van der Waals surface area (Å²) in [7, 11) is 0. The van der Waals surface area contributed by atoms with Crippen LogP contribution >= 0.6 is 0 Å². The average molecular weight is 290 g/mol. The predicted molar refractivity (Wildman–Crippen MR) is 87.1 cm³/mol. The van der Waals surface area contributed by atoms with Crippen molar-refractivity contribution in [3.05, 3.63) is 77.9 Å². The first kappa shape index (κ1) is 13.8. The second kappa shape index (κ2) is 6.10. The lowest BCUT2D eigenvalue weighted by atomic mass is 10.1. The number of hydrazone groups is 1. The Morgan fingerprint density at radius 3 is 2.50 bits per heavy atom. The highest BCUT2D eigenvalue weighted by Crippen LogP contribution is 2.28. The van der Waals surface area contributed by atoms with Gasteiger partial charge in [0.25, 0.3) is 5.91 Å². The zero-order valence-electron chi connectivity index (χ0n) is 11.7. The minimum Gasteiger partial charge on any atom is -0.506 e. The van der Waals surface area contributed by atoms with Gasteiger partial charge in [-0.1, -0.05) is 60.7 Å². The van der Waals surface area contributed by atoms with Gasteiger partial charge < -0.3 is 5.11 Å². The molecule has 3 aromatic rings. The Morgan fingerprint density at radius 1 is 0.955 bits per heavy atom. The molecular weight excluding hydrogens is 276 g/mol. The Morgan fingerprint density at radius 2 is 1.68 bits per heavy atom. The first-order valence-electron chi connectivity index (χ1n) is 6.85. The maximum Gasteiger partial charge on any atom is 0.275 e. The molecule has 0 aliphatic rings. The molecule has 0 fully saturated rings. The Hall–Kier alpha value is -3.14. The van der Waals surface area contributed by atoms with Crippen LogP contribution in [0.3, 0.4) is 0 Å². The molecule has 0 radical (unpaired) electrons. The van der Waals surface area contributed by atoms with Gasteiger partial charge in [-0.25, -0.2) is 5.43 Å². The maximum absolute atomic E-state index is 12.1. The molecular formula is C18H14N2O2. The molecule has 3 rings (SSSR count). The first-order chi connectivity index (χ1) is 10.8. The molecule has 22 heavy (non-hydrogen) atoms. The van der Waals surface area contributed by atoms with Crippen molar-refractivity contribution < 1.29 is 9.90 Å². The van der Waals surface area contributed by atoms with E-state index in [-0.39, 0.29) is 11.3 Å². The number of carbonyl (C=O) groups excluding carboxylic acids is 1. The molecule has 0 aliphatic heterocycles. The number of carbonyl (C=O) groups is 1. The summed E-state index contributed by atoms with van der Waals surface area (Å²) in [6.07, 6.45) is 1.55. The lowest BCUT2D eigenvalue weighted by Crippen LogP contribution is -2.17. The first-order valence-corrected chi connectivity index (χ1v) is 6.85. The molecule has 0 saturated heterocycles. The van der Waals surface area contributed by atoms with Crippen LogP contribution < -0.4 is 5.43 Å². The molecule has 2 N–H and O–H groups in total. The highest BCUT2D eigenvalue weighted by atomic mass is 16.3. The standard InChI is InChI=1S/C18H14N2O2/c21-17-15-9-5-4-8-14(15)10-11-16(17)18(22)20-19-12-13-6-2-1-3-7-13/h1-12,21H,(H,20,22). The zero-order valence-corrected chi connectivity index (χ0v) is 11.7. The minimum atomic E-state index is -0.449. The summed E-state index contributed by atoms with van der Waals surface area (Å²) in [6.45, 7) is 0. The second-order valence-corrected chi connectivity index (χ2v) is 4.79. The number of benzene rings is 3. The molecule has 0 spiro atoms. The van der Waals surface area contributed by atoms with Crippen molar-refractivity contribution in [1.82, 2.24) is 5.43 Å². The summed E-state index contributed by atoms with van der Waals surface area (Å²) in [5.74, 6) is -0.485. The Labute approximate surface area is 127 Å². The molecule has 0 unspecified atom stereocenters. The number of phenolic OH excluding ortho intramolecular Hbond substituents is 1. The van der Waals surface area contributed by atoms with E-state index in [1.54, 1.807) is 24.4 Å². The van der Waals surface area contributed by atoms with Crippen LogP contribution in [-0.2, 0) is 0 Å². The van der Waals surface area contributed by atoms with Crippen molar-refractivity contribution >= 4 is 22.9 Å². The molecule has 3 aromatic carbocycles. The van der Waals surface area contributed by atoms with Gasteiger partial charge in [-0.05, 0) is 17.0 Å². The zero-order chi connectivity index (χ0) is 15.4. The van der Waals surface area contributed by atoms with E-state index in [1.807, 2.05) is 48.5 Å². The number of phenols is 1. The summed E-state index contributed by atoms with van der Waals surface area (Å²) in [4.78, 5) is 12.1. The van der Waals surface area contributed by atoms with Crippen molar-refractivity contribution in [3.8, 4) is 5.75 Å². The average Bonchev–Trinajstić information content (AvgIpc) is 2.56. The highest BCUT2D eigenvalue weighted by molar-refractivity contribution is 6.03. The largest absolute Gasteiger partial charge is 0.506 e. The number of hydrogen-bond donors (Lipinski definition) is 2. The molecule has 0 heterocycles. The van der Waals surface area contributed by atoms with Gasteiger partial charge in [-0.3, -0.25) is 4.79 Å². The van der Waals surface area contributed by atoms with Gasteiger partial charge in [0.1, 0.15) is 5.75 Å². The molecule has 0 atom stereocenters. The summed E-state index contributed by atoms with van der Waals surface area (Å²) >= 11 is 0. The molecule has 0 aliphatic carbocycles. The fourth-order valence-corrected chi connectivity index (χ4v) is 2.20. The Kier molecular flexibility index (Phi) is 3.83. The third kappa shape index (κ3) is 2.81. The van der Waals surface area contributed by atoms with Crippen molar-refractivity contribution in [2.45, 2.75) is 0 Å². The number of nitrogens with zero attached hydrogens (tertiary/aromatic N) is 1. The molecule has 0 aromatic heterocycles. The van der Waals surface area contributed by atoms with Crippen LogP contribution in [0.4, 0.5) is 0 Å². The van der Waals surface area contributed by atoms with Crippen molar-refractivity contribution in [1.29, 1.82) is 0 Å². The van der Waals surface area contributed by atoms with Crippen LogP contribution in [0.5, 0.6) is 5.75 Å². The second-order valence-electron chi connectivity index (χ2n) is 4.79. The van der Waals surface area contributed by atoms with Crippen molar-refractivity contribution in [2.24, 2.45) is 5.10 Å². The lowest BCUT2D eigenvalue weighted by Gasteiger charge is -2.06. The smallest absolute Gasteiger partial charge is 0.275 e. The number of fused-ring (bicyclic) bond motifs is 1. The fraction of sp³-hybridized carbons (Fsp3) is 0. The van der Waals surface area contributed by atoms with Gasteiger partial charge in [0.05, 0.1) is 11.8 Å². The van der Waals surface area contributed by atoms with E-state index in [0.717, 1.165) is 10.9 Å². The maximum atomic E-state index is 12.1. The van der Waals surface area contributed by atoms with Gasteiger partial charge in [0, 0.05) is 5.39 Å². The monoisotopic (exact) mass is 290 g/mol. The molecule has 108 valence electrons. The van der Waals surface area contributed by atoms with Gasteiger partial charge >= 0.3 is 0 Å². The predicted octanol–water partition coefficient (Wildman–Crippen LogP) is 3.31.